The molecule has 1 unspecified atom stereocenters. The summed E-state index contributed by atoms with van der Waals surface area (Å²) in [4.78, 5) is 27.1. The third-order valence-electron chi connectivity index (χ3n) is 4.85. The van der Waals surface area contributed by atoms with E-state index in [0.717, 1.165) is 18.4 Å². The van der Waals surface area contributed by atoms with Crippen molar-refractivity contribution in [3.63, 3.8) is 0 Å². The van der Waals surface area contributed by atoms with Crippen LogP contribution in [-0.4, -0.2) is 34.8 Å². The minimum atomic E-state index is -0.642. The molecule has 0 bridgehead atoms. The smallest absolute Gasteiger partial charge is 0.295 e. The maximum absolute atomic E-state index is 12.8. The van der Waals surface area contributed by atoms with E-state index >= 15 is 0 Å². The Balaban J connectivity index is 2.08. The molecule has 1 heterocycles. The number of hydrogen-bond acceptors (Lipinski definition) is 4. The van der Waals surface area contributed by atoms with Gasteiger partial charge in [-0.3, -0.25) is 9.59 Å². The predicted molar refractivity (Wildman–Crippen MR) is 108 cm³/mol. The van der Waals surface area contributed by atoms with E-state index in [0.29, 0.717) is 24.5 Å². The fraction of sp³-hybridized carbons (Fsp3) is 0.304. The molecule has 2 aromatic carbocycles. The molecule has 1 fully saturated rings. The number of amides is 1. The number of ether oxygens (including phenoxy) is 1. The van der Waals surface area contributed by atoms with Gasteiger partial charge in [0.25, 0.3) is 11.7 Å². The molecule has 5 heteroatoms. The number of hydrogen-bond donors (Lipinski definition) is 1. The van der Waals surface area contributed by atoms with Crippen LogP contribution in [0, 0.1) is 0 Å². The zero-order valence-electron chi connectivity index (χ0n) is 16.2. The Labute approximate surface area is 165 Å². The van der Waals surface area contributed by atoms with Gasteiger partial charge in [-0.25, -0.2) is 0 Å². The van der Waals surface area contributed by atoms with Gasteiger partial charge in [0.05, 0.1) is 18.2 Å². The highest BCUT2D eigenvalue weighted by atomic mass is 16.5. The summed E-state index contributed by atoms with van der Waals surface area (Å²) in [5.74, 6) is -0.678. The molecule has 1 saturated heterocycles. The molecule has 3 rings (SSSR count). The van der Waals surface area contributed by atoms with E-state index < -0.39 is 17.7 Å². The third-order valence-corrected chi connectivity index (χ3v) is 4.85. The van der Waals surface area contributed by atoms with E-state index in [1.807, 2.05) is 44.2 Å². The van der Waals surface area contributed by atoms with Crippen molar-refractivity contribution in [1.82, 2.24) is 4.90 Å². The molecule has 5 nitrogen and oxygen atoms in total. The minimum Gasteiger partial charge on any atom is -0.507 e. The quantitative estimate of drug-likeness (QED) is 0.442. The molecule has 28 heavy (non-hydrogen) atoms. The lowest BCUT2D eigenvalue weighted by Gasteiger charge is -2.25. The van der Waals surface area contributed by atoms with Gasteiger partial charge in [-0.05, 0) is 43.2 Å². The fourth-order valence-corrected chi connectivity index (χ4v) is 3.45. The standard InChI is InChI=1S/C23H25NO4/c1-3-5-15-24-20(16-9-7-6-8-10-16)19(22(26)23(24)27)21(25)17-11-13-18(14-12-17)28-4-2/h6-14,20,25H,3-5,15H2,1-2H3/b21-19-. The number of Topliss-reactive ketones (excluding diaryl/α,β-unsaturated/α-hetero) is 1. The molecule has 1 aliphatic heterocycles. The monoisotopic (exact) mass is 379 g/mol. The highest BCUT2D eigenvalue weighted by Gasteiger charge is 2.45. The predicted octanol–water partition coefficient (Wildman–Crippen LogP) is 4.31. The summed E-state index contributed by atoms with van der Waals surface area (Å²) in [7, 11) is 0. The normalized spacial score (nSPS) is 18.5. The average molecular weight is 379 g/mol. The van der Waals surface area contributed by atoms with Gasteiger partial charge in [0, 0.05) is 12.1 Å². The molecule has 0 aromatic heterocycles. The van der Waals surface area contributed by atoms with Crippen molar-refractivity contribution in [3.8, 4) is 5.75 Å². The first-order chi connectivity index (χ1) is 13.6. The van der Waals surface area contributed by atoms with Gasteiger partial charge in [0.15, 0.2) is 0 Å². The lowest BCUT2D eigenvalue weighted by molar-refractivity contribution is -0.139. The Kier molecular flexibility index (Phi) is 6.14. The summed E-state index contributed by atoms with van der Waals surface area (Å²) in [5, 5.41) is 10.9. The van der Waals surface area contributed by atoms with Crippen LogP contribution in [0.5, 0.6) is 5.75 Å². The molecule has 1 amide bonds. The van der Waals surface area contributed by atoms with Crippen molar-refractivity contribution in [2.75, 3.05) is 13.2 Å². The van der Waals surface area contributed by atoms with Crippen LogP contribution < -0.4 is 4.74 Å². The molecule has 1 N–H and O–H groups in total. The Bertz CT molecular complexity index is 871. The van der Waals surface area contributed by atoms with Gasteiger partial charge in [-0.15, -0.1) is 0 Å². The summed E-state index contributed by atoms with van der Waals surface area (Å²) in [6.07, 6.45) is 1.70. The molecular weight excluding hydrogens is 354 g/mol. The Morgan fingerprint density at radius 2 is 1.71 bits per heavy atom. The molecule has 1 aliphatic rings. The molecule has 2 aromatic rings. The topological polar surface area (TPSA) is 66.8 Å². The van der Waals surface area contributed by atoms with Crippen molar-refractivity contribution < 1.29 is 19.4 Å². The van der Waals surface area contributed by atoms with E-state index in [1.165, 1.54) is 0 Å². The maximum Gasteiger partial charge on any atom is 0.295 e. The molecule has 146 valence electrons. The number of aliphatic hydroxyl groups is 1. The zero-order valence-corrected chi connectivity index (χ0v) is 16.2. The van der Waals surface area contributed by atoms with Crippen LogP contribution in [-0.2, 0) is 9.59 Å². The average Bonchev–Trinajstić information content (AvgIpc) is 2.98. The molecule has 0 saturated carbocycles. The summed E-state index contributed by atoms with van der Waals surface area (Å²) < 4.78 is 5.43. The van der Waals surface area contributed by atoms with E-state index in [4.69, 9.17) is 4.74 Å². The van der Waals surface area contributed by atoms with Gasteiger partial charge in [0.1, 0.15) is 11.5 Å². The van der Waals surface area contributed by atoms with E-state index in [1.54, 1.807) is 29.2 Å². The highest BCUT2D eigenvalue weighted by Crippen LogP contribution is 2.39. The summed E-state index contributed by atoms with van der Waals surface area (Å²) in [6.45, 7) is 4.95. The molecule has 0 aliphatic carbocycles. The van der Waals surface area contributed by atoms with Gasteiger partial charge in [0.2, 0.25) is 0 Å². The second-order valence-corrected chi connectivity index (χ2v) is 6.71. The molecule has 1 atom stereocenters. The van der Waals surface area contributed by atoms with Crippen molar-refractivity contribution in [2.45, 2.75) is 32.7 Å². The van der Waals surface area contributed by atoms with Gasteiger partial charge < -0.3 is 14.7 Å². The second kappa shape index (κ2) is 8.74. The van der Waals surface area contributed by atoms with Crippen molar-refractivity contribution >= 4 is 17.4 Å². The van der Waals surface area contributed by atoms with E-state index in [2.05, 4.69) is 0 Å². The fourth-order valence-electron chi connectivity index (χ4n) is 3.45. The molecule has 0 spiro atoms. The number of nitrogens with zero attached hydrogens (tertiary/aromatic N) is 1. The lowest BCUT2D eigenvalue weighted by Crippen LogP contribution is -2.30. The maximum atomic E-state index is 12.8. The lowest BCUT2D eigenvalue weighted by atomic mass is 9.95. The van der Waals surface area contributed by atoms with Gasteiger partial charge >= 0.3 is 0 Å². The number of ketones is 1. The first kappa shape index (κ1) is 19.7. The van der Waals surface area contributed by atoms with Crippen LogP contribution in [0.15, 0.2) is 60.2 Å². The first-order valence-electron chi connectivity index (χ1n) is 9.65. The Morgan fingerprint density at radius 3 is 2.32 bits per heavy atom. The number of benzene rings is 2. The largest absolute Gasteiger partial charge is 0.507 e. The third kappa shape index (κ3) is 3.79. The molecule has 0 radical (unpaired) electrons. The number of likely N-dealkylation sites (tertiary alicyclic amines) is 1. The number of aliphatic hydroxyl groups excluding tert-OH is 1. The molecular formula is C23H25NO4. The number of rotatable bonds is 7. The number of carbonyl (C=O) groups is 2. The summed E-state index contributed by atoms with van der Waals surface area (Å²) in [5.41, 5.74) is 1.43. The first-order valence-corrected chi connectivity index (χ1v) is 9.65. The van der Waals surface area contributed by atoms with Gasteiger partial charge in [-0.1, -0.05) is 43.7 Å². The SMILES string of the molecule is CCCCN1C(=O)C(=O)/C(=C(\O)c2ccc(OCC)cc2)C1c1ccccc1. The Morgan fingerprint density at radius 1 is 1.04 bits per heavy atom. The van der Waals surface area contributed by atoms with E-state index in [-0.39, 0.29) is 11.3 Å². The second-order valence-electron chi connectivity index (χ2n) is 6.71. The van der Waals surface area contributed by atoms with Crippen LogP contribution in [0.4, 0.5) is 0 Å². The van der Waals surface area contributed by atoms with Crippen LogP contribution in [0.2, 0.25) is 0 Å². The van der Waals surface area contributed by atoms with Crippen molar-refractivity contribution in [3.05, 3.63) is 71.3 Å². The van der Waals surface area contributed by atoms with Crippen LogP contribution in [0.25, 0.3) is 5.76 Å². The van der Waals surface area contributed by atoms with Gasteiger partial charge in [-0.2, -0.15) is 0 Å². The summed E-state index contributed by atoms with van der Waals surface area (Å²) >= 11 is 0. The zero-order chi connectivity index (χ0) is 20.1. The number of unbranched alkanes of at least 4 members (excludes halogenated alkanes) is 1. The number of carbonyl (C=O) groups excluding carboxylic acids is 2. The Hall–Kier alpha value is -3.08. The van der Waals surface area contributed by atoms with Crippen LogP contribution >= 0.6 is 0 Å². The van der Waals surface area contributed by atoms with Crippen molar-refractivity contribution in [2.24, 2.45) is 0 Å². The van der Waals surface area contributed by atoms with Crippen LogP contribution in [0.1, 0.15) is 43.9 Å². The van der Waals surface area contributed by atoms with E-state index in [9.17, 15) is 14.7 Å². The van der Waals surface area contributed by atoms with Crippen LogP contribution in [0.3, 0.4) is 0 Å². The minimum absolute atomic E-state index is 0.136. The summed E-state index contributed by atoms with van der Waals surface area (Å²) in [6, 6.07) is 15.7. The highest BCUT2D eigenvalue weighted by molar-refractivity contribution is 6.46. The van der Waals surface area contributed by atoms with Crippen molar-refractivity contribution in [1.29, 1.82) is 0 Å².